The van der Waals surface area contributed by atoms with Gasteiger partial charge in [-0.25, -0.2) is 13.6 Å². The molecule has 1 aromatic heterocycles. The molecule has 2 amide bonds. The number of aromatic nitrogens is 2. The molecule has 0 unspecified atom stereocenters. The number of primary amides is 1. The molecule has 9 nitrogen and oxygen atoms in total. The second kappa shape index (κ2) is 16.4. The molecule has 0 saturated carbocycles. The Balaban J connectivity index is 0.00000307. The largest absolute Gasteiger partial charge is 0.444 e. The van der Waals surface area contributed by atoms with E-state index in [0.29, 0.717) is 28.0 Å². The fourth-order valence-electron chi connectivity index (χ4n) is 4.31. The highest BCUT2D eigenvalue weighted by atomic mass is 35.5. The summed E-state index contributed by atoms with van der Waals surface area (Å²) in [7, 11) is 0. The van der Waals surface area contributed by atoms with Gasteiger partial charge in [-0.1, -0.05) is 35.0 Å². The van der Waals surface area contributed by atoms with Crippen LogP contribution in [-0.4, -0.2) is 33.5 Å². The maximum absolute atomic E-state index is 15.1. The van der Waals surface area contributed by atoms with Crippen LogP contribution >= 0.6 is 11.6 Å². The SMILES string of the molecule is C/C=C(\C=C(\C(N)=O)C(=O)CCc1ccc(-c2noc(-c3ccc(NC(=O)OC(C)(C)C)cc3)n2)c(F)c1)c1ccc(Cl)c(F)c1.C=C. The van der Waals surface area contributed by atoms with Gasteiger partial charge in [0.2, 0.25) is 5.82 Å². The highest BCUT2D eigenvalue weighted by Gasteiger charge is 2.20. The molecule has 3 N–H and O–H groups in total. The molecule has 1 heterocycles. The Labute approximate surface area is 282 Å². The number of hydrogen-bond acceptors (Lipinski definition) is 7. The number of nitrogens with two attached hydrogens (primary N) is 1. The maximum Gasteiger partial charge on any atom is 0.412 e. The van der Waals surface area contributed by atoms with Crippen LogP contribution in [0.1, 0.15) is 45.2 Å². The standard InChI is InChI=1S/C34H31ClF2N4O5.C2H4/c1-5-20(22-10-14-26(35)28(37)18-22)17-25(30(38)43)29(42)15-7-19-6-13-24(27(36)16-19)31-40-32(46-41-31)21-8-11-23(12-9-21)39-33(44)45-34(2,3)4;1-2/h5-6,8-14,16-18H,7,15H2,1-4H3,(H2,38,43)(H,39,44);1-2H2/b20-5+,25-17+;. The summed E-state index contributed by atoms with van der Waals surface area (Å²) >= 11 is 5.76. The number of carbonyl (C=O) groups excluding carboxylic acids is 3. The van der Waals surface area contributed by atoms with Crippen LogP contribution in [0.5, 0.6) is 0 Å². The van der Waals surface area contributed by atoms with Crippen molar-refractivity contribution in [1.82, 2.24) is 10.1 Å². The smallest absolute Gasteiger partial charge is 0.412 e. The number of ether oxygens (including phenoxy) is 1. The highest BCUT2D eigenvalue weighted by molar-refractivity contribution is 6.30. The number of rotatable bonds is 10. The normalized spacial score (nSPS) is 11.7. The van der Waals surface area contributed by atoms with Crippen LogP contribution in [0.4, 0.5) is 19.3 Å². The molecule has 12 heteroatoms. The summed E-state index contributed by atoms with van der Waals surface area (Å²) in [5, 5.41) is 6.45. The van der Waals surface area contributed by atoms with Gasteiger partial charge in [0.25, 0.3) is 11.8 Å². The molecule has 0 aliphatic rings. The van der Waals surface area contributed by atoms with Crippen LogP contribution in [0.25, 0.3) is 28.4 Å². The van der Waals surface area contributed by atoms with E-state index < -0.39 is 35.0 Å². The van der Waals surface area contributed by atoms with E-state index in [0.717, 1.165) is 0 Å². The predicted molar refractivity (Wildman–Crippen MR) is 182 cm³/mol. The number of anilines is 1. The molecule has 4 aromatic rings. The zero-order chi connectivity index (χ0) is 35.6. The zero-order valence-electron chi connectivity index (χ0n) is 26.9. The van der Waals surface area contributed by atoms with E-state index in [1.165, 1.54) is 30.3 Å². The molecule has 0 aliphatic heterocycles. The van der Waals surface area contributed by atoms with Crippen LogP contribution < -0.4 is 11.1 Å². The lowest BCUT2D eigenvalue weighted by Crippen LogP contribution is -2.27. The monoisotopic (exact) mass is 676 g/mol. The van der Waals surface area contributed by atoms with Crippen LogP contribution in [0, 0.1) is 11.6 Å². The third-order valence-electron chi connectivity index (χ3n) is 6.55. The van der Waals surface area contributed by atoms with Crippen molar-refractivity contribution in [1.29, 1.82) is 0 Å². The topological polar surface area (TPSA) is 137 Å². The van der Waals surface area contributed by atoms with E-state index in [9.17, 15) is 18.8 Å². The van der Waals surface area contributed by atoms with Crippen molar-refractivity contribution >= 4 is 40.6 Å². The minimum absolute atomic E-state index is 0.0162. The molecule has 0 radical (unpaired) electrons. The lowest BCUT2D eigenvalue weighted by atomic mass is 9.97. The molecule has 0 aliphatic carbocycles. The van der Waals surface area contributed by atoms with Gasteiger partial charge in [-0.05, 0) is 105 Å². The molecule has 48 heavy (non-hydrogen) atoms. The Bertz CT molecular complexity index is 1860. The summed E-state index contributed by atoms with van der Waals surface area (Å²) in [6, 6.07) is 15.0. The van der Waals surface area contributed by atoms with Gasteiger partial charge in [0.15, 0.2) is 5.78 Å². The molecule has 250 valence electrons. The van der Waals surface area contributed by atoms with Gasteiger partial charge in [-0.3, -0.25) is 14.9 Å². The van der Waals surface area contributed by atoms with Gasteiger partial charge in [0, 0.05) is 17.7 Å². The molecule has 3 aromatic carbocycles. The molecule has 0 bridgehead atoms. The zero-order valence-corrected chi connectivity index (χ0v) is 27.7. The minimum Gasteiger partial charge on any atom is -0.444 e. The van der Waals surface area contributed by atoms with E-state index in [1.54, 1.807) is 70.2 Å². The second-order valence-electron chi connectivity index (χ2n) is 11.2. The molecule has 4 rings (SSSR count). The number of nitrogens with one attached hydrogen (secondary N) is 1. The Morgan fingerprint density at radius 3 is 2.29 bits per heavy atom. The molecule has 0 fully saturated rings. The fourth-order valence-corrected chi connectivity index (χ4v) is 4.43. The van der Waals surface area contributed by atoms with Crippen LogP contribution in [0.3, 0.4) is 0 Å². The quantitative estimate of drug-likeness (QED) is 0.0565. The van der Waals surface area contributed by atoms with Gasteiger partial charge in [0.1, 0.15) is 17.2 Å². The number of carbonyl (C=O) groups is 3. The van der Waals surface area contributed by atoms with E-state index in [4.69, 9.17) is 26.6 Å². The molecular formula is C36H35ClF2N4O5. The Morgan fingerprint density at radius 1 is 1.02 bits per heavy atom. The number of halogens is 3. The lowest BCUT2D eigenvalue weighted by molar-refractivity contribution is -0.120. The van der Waals surface area contributed by atoms with Crippen molar-refractivity contribution in [3.05, 3.63) is 119 Å². The summed E-state index contributed by atoms with van der Waals surface area (Å²) in [6.07, 6.45) is 2.29. The second-order valence-corrected chi connectivity index (χ2v) is 11.6. The summed E-state index contributed by atoms with van der Waals surface area (Å²) < 4.78 is 39.7. The van der Waals surface area contributed by atoms with Gasteiger partial charge in [-0.15, -0.1) is 13.2 Å². The van der Waals surface area contributed by atoms with E-state index in [-0.39, 0.29) is 40.7 Å². The molecule has 0 atom stereocenters. The average molecular weight is 677 g/mol. The molecule has 0 saturated heterocycles. The minimum atomic E-state index is -0.942. The maximum atomic E-state index is 15.1. The number of hydrogen-bond donors (Lipinski definition) is 2. The van der Waals surface area contributed by atoms with Crippen molar-refractivity contribution in [2.45, 2.75) is 46.1 Å². The Kier molecular flexibility index (Phi) is 12.7. The fraction of sp³-hybridized carbons (Fsp3) is 0.194. The first-order valence-electron chi connectivity index (χ1n) is 14.6. The van der Waals surface area contributed by atoms with E-state index in [2.05, 4.69) is 28.6 Å². The highest BCUT2D eigenvalue weighted by Crippen LogP contribution is 2.27. The number of ketones is 1. The van der Waals surface area contributed by atoms with Crippen LogP contribution in [0.2, 0.25) is 5.02 Å². The lowest BCUT2D eigenvalue weighted by Gasteiger charge is -2.19. The first-order valence-corrected chi connectivity index (χ1v) is 15.0. The van der Waals surface area contributed by atoms with E-state index in [1.807, 2.05) is 0 Å². The number of amides is 2. The predicted octanol–water partition coefficient (Wildman–Crippen LogP) is 8.50. The summed E-state index contributed by atoms with van der Waals surface area (Å²) in [5.74, 6) is -2.63. The third kappa shape index (κ3) is 10.0. The van der Waals surface area contributed by atoms with Crippen molar-refractivity contribution in [3.63, 3.8) is 0 Å². The first kappa shape index (κ1) is 37.0. The van der Waals surface area contributed by atoms with Gasteiger partial charge in [0.05, 0.1) is 16.2 Å². The number of Topliss-reactive ketones (excluding diaryl/α,β-unsaturated/α-hetero) is 1. The molecule has 0 spiro atoms. The van der Waals surface area contributed by atoms with Crippen molar-refractivity contribution in [2.75, 3.05) is 5.32 Å². The van der Waals surface area contributed by atoms with Crippen LogP contribution in [0.15, 0.2) is 96.1 Å². The summed E-state index contributed by atoms with van der Waals surface area (Å²) in [5.41, 5.74) is 7.00. The first-order chi connectivity index (χ1) is 22.7. The average Bonchev–Trinajstić information content (AvgIpc) is 3.52. The van der Waals surface area contributed by atoms with Crippen molar-refractivity contribution in [2.24, 2.45) is 5.73 Å². The summed E-state index contributed by atoms with van der Waals surface area (Å²) in [6.45, 7) is 12.9. The Hall–Kier alpha value is -5.42. The number of allylic oxidation sites excluding steroid dienone is 3. The van der Waals surface area contributed by atoms with Gasteiger partial charge >= 0.3 is 6.09 Å². The van der Waals surface area contributed by atoms with Gasteiger partial charge in [-0.2, -0.15) is 4.98 Å². The van der Waals surface area contributed by atoms with E-state index >= 15 is 4.39 Å². The Morgan fingerprint density at radius 2 is 1.71 bits per heavy atom. The van der Waals surface area contributed by atoms with Crippen molar-refractivity contribution < 1.29 is 32.4 Å². The number of nitrogens with zero attached hydrogens (tertiary/aromatic N) is 2. The third-order valence-corrected chi connectivity index (χ3v) is 6.85. The molecular weight excluding hydrogens is 642 g/mol. The van der Waals surface area contributed by atoms with Crippen molar-refractivity contribution in [3.8, 4) is 22.8 Å². The number of aryl methyl sites for hydroxylation is 1. The summed E-state index contributed by atoms with van der Waals surface area (Å²) in [4.78, 5) is 41.4. The van der Waals surface area contributed by atoms with Crippen LogP contribution in [-0.2, 0) is 20.7 Å². The van der Waals surface area contributed by atoms with Gasteiger partial charge < -0.3 is 15.0 Å². The number of benzene rings is 3.